The Morgan fingerprint density at radius 1 is 1.07 bits per heavy atom. The maximum absolute atomic E-state index is 12.3. The van der Waals surface area contributed by atoms with Crippen LogP contribution in [-0.4, -0.2) is 41.4 Å². The van der Waals surface area contributed by atoms with Gasteiger partial charge in [0.25, 0.3) is 0 Å². The predicted molar refractivity (Wildman–Crippen MR) is 111 cm³/mol. The Balaban J connectivity index is 1.47. The lowest BCUT2D eigenvalue weighted by Gasteiger charge is -2.39. The predicted octanol–water partition coefficient (Wildman–Crippen LogP) is 2.79. The maximum Gasteiger partial charge on any atom is 0.226 e. The first-order chi connectivity index (χ1) is 14.1. The van der Waals surface area contributed by atoms with Gasteiger partial charge in [0.1, 0.15) is 5.82 Å². The minimum Gasteiger partial charge on any atom is -0.370 e. The Labute approximate surface area is 173 Å². The molecular weight excluding hydrogens is 390 g/mol. The number of nitrogens with zero attached hydrogens (tertiary/aromatic N) is 3. The Morgan fingerprint density at radius 2 is 1.90 bits per heavy atom. The smallest absolute Gasteiger partial charge is 0.226 e. The number of nitrogens with one attached hydrogen (secondary N) is 2. The molecule has 8 heteroatoms. The lowest BCUT2D eigenvalue weighted by Crippen LogP contribution is -2.44. The van der Waals surface area contributed by atoms with Crippen LogP contribution in [0, 0.1) is 5.41 Å². The topological polar surface area (TPSA) is 87.2 Å². The molecule has 1 spiro atoms. The summed E-state index contributed by atoms with van der Waals surface area (Å²) >= 11 is 6.59. The molecule has 2 aromatic rings. The van der Waals surface area contributed by atoms with Gasteiger partial charge in [0.2, 0.25) is 11.8 Å². The van der Waals surface area contributed by atoms with E-state index in [1.165, 1.54) is 0 Å². The number of aromatic nitrogens is 2. The molecule has 0 aromatic carbocycles. The summed E-state index contributed by atoms with van der Waals surface area (Å²) < 4.78 is 0. The van der Waals surface area contributed by atoms with Gasteiger partial charge in [-0.25, -0.2) is 4.98 Å². The average molecular weight is 412 g/mol. The van der Waals surface area contributed by atoms with Crippen LogP contribution in [-0.2, 0) is 16.0 Å². The molecule has 0 aliphatic carbocycles. The third kappa shape index (κ3) is 3.13. The lowest BCUT2D eigenvalue weighted by molar-refractivity contribution is -0.128. The van der Waals surface area contributed by atoms with Gasteiger partial charge in [-0.05, 0) is 37.3 Å². The Hall–Kier alpha value is -2.67. The molecule has 5 heterocycles. The van der Waals surface area contributed by atoms with Gasteiger partial charge in [0, 0.05) is 55.8 Å². The molecule has 0 bridgehead atoms. The standard InChI is InChI=1S/C21H22ClN5O2/c22-16-12-23-11-15(14-9-13-1-2-17(28)26-19(13)25-10-14)18(16)27-7-4-21(5-8-27)3-6-24-20(21)29/h9-12H,1-8H2,(H,24,29)(H,25,26,28). The van der Waals surface area contributed by atoms with E-state index in [0.717, 1.165) is 61.3 Å². The molecule has 2 saturated heterocycles. The first kappa shape index (κ1) is 18.4. The van der Waals surface area contributed by atoms with Crippen LogP contribution in [0.25, 0.3) is 11.1 Å². The summed E-state index contributed by atoms with van der Waals surface area (Å²) in [6.07, 6.45) is 8.95. The molecule has 0 radical (unpaired) electrons. The number of hydrogen-bond acceptors (Lipinski definition) is 5. The van der Waals surface area contributed by atoms with Gasteiger partial charge in [0.15, 0.2) is 0 Å². The molecule has 0 atom stereocenters. The van der Waals surface area contributed by atoms with Crippen molar-refractivity contribution in [3.05, 3.63) is 35.2 Å². The number of aryl methyl sites for hydroxylation is 1. The number of fused-ring (bicyclic) bond motifs is 1. The van der Waals surface area contributed by atoms with E-state index in [4.69, 9.17) is 11.6 Å². The van der Waals surface area contributed by atoms with Crippen molar-refractivity contribution in [2.75, 3.05) is 29.9 Å². The summed E-state index contributed by atoms with van der Waals surface area (Å²) in [5.74, 6) is 0.828. The van der Waals surface area contributed by atoms with E-state index >= 15 is 0 Å². The fourth-order valence-electron chi connectivity index (χ4n) is 4.72. The van der Waals surface area contributed by atoms with Gasteiger partial charge in [-0.3, -0.25) is 14.6 Å². The molecule has 29 heavy (non-hydrogen) atoms. The van der Waals surface area contributed by atoms with Crippen molar-refractivity contribution in [3.8, 4) is 11.1 Å². The highest BCUT2D eigenvalue weighted by Gasteiger charge is 2.44. The third-order valence-corrected chi connectivity index (χ3v) is 6.71. The van der Waals surface area contributed by atoms with Crippen molar-refractivity contribution in [1.82, 2.24) is 15.3 Å². The summed E-state index contributed by atoms with van der Waals surface area (Å²) in [5, 5.41) is 6.40. The summed E-state index contributed by atoms with van der Waals surface area (Å²) in [6, 6.07) is 2.06. The van der Waals surface area contributed by atoms with E-state index in [9.17, 15) is 9.59 Å². The van der Waals surface area contributed by atoms with Crippen molar-refractivity contribution < 1.29 is 9.59 Å². The number of carbonyl (C=O) groups excluding carboxylic acids is 2. The number of anilines is 2. The largest absolute Gasteiger partial charge is 0.370 e. The highest BCUT2D eigenvalue weighted by Crippen LogP contribution is 2.43. The Bertz CT molecular complexity index is 1000. The van der Waals surface area contributed by atoms with E-state index in [2.05, 4.69) is 31.6 Å². The first-order valence-corrected chi connectivity index (χ1v) is 10.4. The van der Waals surface area contributed by atoms with Crippen molar-refractivity contribution in [3.63, 3.8) is 0 Å². The van der Waals surface area contributed by atoms with E-state index in [0.29, 0.717) is 23.7 Å². The van der Waals surface area contributed by atoms with Gasteiger partial charge in [-0.2, -0.15) is 0 Å². The normalized spacial score (nSPS) is 20.4. The zero-order chi connectivity index (χ0) is 20.0. The monoisotopic (exact) mass is 411 g/mol. The van der Waals surface area contributed by atoms with Crippen LogP contribution >= 0.6 is 11.6 Å². The van der Waals surface area contributed by atoms with Crippen molar-refractivity contribution >= 4 is 34.9 Å². The number of halogens is 1. The molecule has 5 rings (SSSR count). The summed E-state index contributed by atoms with van der Waals surface area (Å²) in [5.41, 5.74) is 3.60. The number of amides is 2. The van der Waals surface area contributed by atoms with Crippen molar-refractivity contribution in [1.29, 1.82) is 0 Å². The molecule has 2 amide bonds. The molecule has 3 aliphatic heterocycles. The van der Waals surface area contributed by atoms with Crippen LogP contribution in [0.4, 0.5) is 11.5 Å². The lowest BCUT2D eigenvalue weighted by atomic mass is 9.77. The Morgan fingerprint density at radius 3 is 2.66 bits per heavy atom. The van der Waals surface area contributed by atoms with Crippen LogP contribution in [0.15, 0.2) is 24.7 Å². The van der Waals surface area contributed by atoms with Gasteiger partial charge in [-0.1, -0.05) is 11.6 Å². The zero-order valence-electron chi connectivity index (χ0n) is 16.0. The number of carbonyl (C=O) groups is 2. The molecule has 3 aliphatic rings. The molecule has 2 fully saturated rings. The van der Waals surface area contributed by atoms with E-state index < -0.39 is 0 Å². The Kier molecular flexibility index (Phi) is 4.42. The van der Waals surface area contributed by atoms with Gasteiger partial charge in [0.05, 0.1) is 16.1 Å². The van der Waals surface area contributed by atoms with Crippen LogP contribution < -0.4 is 15.5 Å². The molecule has 7 nitrogen and oxygen atoms in total. The van der Waals surface area contributed by atoms with Crippen LogP contribution in [0.5, 0.6) is 0 Å². The number of rotatable bonds is 2. The second kappa shape index (κ2) is 6.99. The second-order valence-electron chi connectivity index (χ2n) is 8.07. The number of hydrogen-bond donors (Lipinski definition) is 2. The highest BCUT2D eigenvalue weighted by molar-refractivity contribution is 6.33. The van der Waals surface area contributed by atoms with Gasteiger partial charge < -0.3 is 15.5 Å². The molecule has 0 unspecified atom stereocenters. The van der Waals surface area contributed by atoms with Crippen LogP contribution in [0.3, 0.4) is 0 Å². The summed E-state index contributed by atoms with van der Waals surface area (Å²) in [4.78, 5) is 34.9. The SMILES string of the molecule is O=C1CCc2cc(-c3cncc(Cl)c3N3CCC4(CCNC4=O)CC3)cnc2N1. The zero-order valence-corrected chi connectivity index (χ0v) is 16.8. The molecule has 150 valence electrons. The van der Waals surface area contributed by atoms with Crippen LogP contribution in [0.2, 0.25) is 5.02 Å². The second-order valence-corrected chi connectivity index (χ2v) is 8.48. The van der Waals surface area contributed by atoms with Crippen LogP contribution in [0.1, 0.15) is 31.2 Å². The quantitative estimate of drug-likeness (QED) is 0.793. The van der Waals surface area contributed by atoms with E-state index in [-0.39, 0.29) is 17.2 Å². The fraction of sp³-hybridized carbons (Fsp3) is 0.429. The van der Waals surface area contributed by atoms with E-state index in [1.54, 1.807) is 12.4 Å². The van der Waals surface area contributed by atoms with E-state index in [1.807, 2.05) is 6.20 Å². The fourth-order valence-corrected chi connectivity index (χ4v) is 4.99. The minimum atomic E-state index is -0.220. The average Bonchev–Trinajstić information content (AvgIpc) is 3.08. The molecule has 2 N–H and O–H groups in total. The number of pyridine rings is 2. The van der Waals surface area contributed by atoms with Crippen molar-refractivity contribution in [2.24, 2.45) is 5.41 Å². The molecule has 0 saturated carbocycles. The van der Waals surface area contributed by atoms with Crippen molar-refractivity contribution in [2.45, 2.75) is 32.1 Å². The van der Waals surface area contributed by atoms with Gasteiger partial charge >= 0.3 is 0 Å². The number of piperidine rings is 1. The van der Waals surface area contributed by atoms with Gasteiger partial charge in [-0.15, -0.1) is 0 Å². The summed E-state index contributed by atoms with van der Waals surface area (Å²) in [7, 11) is 0. The highest BCUT2D eigenvalue weighted by atomic mass is 35.5. The molecule has 2 aromatic heterocycles. The minimum absolute atomic E-state index is 0.000979. The maximum atomic E-state index is 12.3. The first-order valence-electron chi connectivity index (χ1n) is 10.0. The molecular formula is C21H22ClN5O2. The third-order valence-electron chi connectivity index (χ3n) is 6.44. The summed E-state index contributed by atoms with van der Waals surface area (Å²) in [6.45, 7) is 2.33.